The van der Waals surface area contributed by atoms with Crippen molar-refractivity contribution in [1.82, 2.24) is 9.29 Å². The molecule has 0 spiro atoms. The van der Waals surface area contributed by atoms with Gasteiger partial charge in [-0.15, -0.1) is 0 Å². The molecule has 0 aliphatic carbocycles. The summed E-state index contributed by atoms with van der Waals surface area (Å²) in [4.78, 5) is 20.2. The number of hydrogen-bond acceptors (Lipinski definition) is 6. The summed E-state index contributed by atoms with van der Waals surface area (Å²) in [5, 5.41) is 1.19. The highest BCUT2D eigenvalue weighted by Crippen LogP contribution is 2.32. The zero-order chi connectivity index (χ0) is 24.4. The number of carbonyl (C=O) groups is 1. The normalized spacial score (nSPS) is 19.6. The minimum atomic E-state index is -3.57. The van der Waals surface area contributed by atoms with E-state index in [0.29, 0.717) is 42.0 Å². The second-order valence-corrected chi connectivity index (χ2v) is 12.4. The number of rotatable bonds is 6. The van der Waals surface area contributed by atoms with Crippen LogP contribution in [0.3, 0.4) is 0 Å². The molecule has 2 fully saturated rings. The lowest BCUT2D eigenvalue weighted by atomic mass is 10.2. The largest absolute Gasteiger partial charge is 0.376 e. The molecule has 7 nitrogen and oxygen atoms in total. The number of aromatic nitrogens is 1. The van der Waals surface area contributed by atoms with E-state index in [4.69, 9.17) is 16.3 Å². The van der Waals surface area contributed by atoms with Gasteiger partial charge in [-0.05, 0) is 68.1 Å². The summed E-state index contributed by atoms with van der Waals surface area (Å²) in [6.07, 6.45) is 5.65. The number of anilines is 1. The Balaban J connectivity index is 1.42. The predicted octanol–water partition coefficient (Wildman–Crippen LogP) is 5.34. The van der Waals surface area contributed by atoms with Crippen molar-refractivity contribution in [1.29, 1.82) is 0 Å². The van der Waals surface area contributed by atoms with Crippen molar-refractivity contribution in [2.75, 3.05) is 31.1 Å². The molecule has 1 aromatic heterocycles. The SMILES string of the molecule is O=C(c1ccc(S(=O)(=O)N2CCCCCC2)cc1)N(CC1CCCO1)c1nc2ccc(Cl)cc2s1. The second kappa shape index (κ2) is 10.5. The molecule has 1 atom stereocenters. The molecular formula is C25H28ClN3O4S2. The van der Waals surface area contributed by atoms with Crippen molar-refractivity contribution >= 4 is 54.2 Å². The molecule has 1 amide bonds. The van der Waals surface area contributed by atoms with Gasteiger partial charge in [0.05, 0.1) is 27.8 Å². The zero-order valence-electron chi connectivity index (χ0n) is 19.4. The number of hydrogen-bond donors (Lipinski definition) is 0. The Morgan fingerprint density at radius 3 is 2.51 bits per heavy atom. The predicted molar refractivity (Wildman–Crippen MR) is 139 cm³/mol. The van der Waals surface area contributed by atoms with E-state index in [1.807, 2.05) is 12.1 Å². The highest BCUT2D eigenvalue weighted by molar-refractivity contribution is 7.89. The fraction of sp³-hybridized carbons (Fsp3) is 0.440. The second-order valence-electron chi connectivity index (χ2n) is 9.00. The average Bonchev–Trinajstić information content (AvgIpc) is 3.43. The van der Waals surface area contributed by atoms with Crippen LogP contribution in [-0.2, 0) is 14.8 Å². The van der Waals surface area contributed by atoms with Gasteiger partial charge in [0.1, 0.15) is 0 Å². The Hall–Kier alpha value is -2.04. The standard InChI is InChI=1S/C25H28ClN3O4S2/c26-19-9-12-22-23(16-19)34-25(27-22)29(17-20-6-5-15-33-20)24(30)18-7-10-21(11-8-18)35(31,32)28-13-3-1-2-4-14-28/h7-12,16,20H,1-6,13-15,17H2. The van der Waals surface area contributed by atoms with Crippen LogP contribution in [0.5, 0.6) is 0 Å². The Morgan fingerprint density at radius 2 is 1.83 bits per heavy atom. The van der Waals surface area contributed by atoms with Crippen molar-refractivity contribution in [2.24, 2.45) is 0 Å². The van der Waals surface area contributed by atoms with E-state index in [1.165, 1.54) is 23.5 Å². The lowest BCUT2D eigenvalue weighted by Gasteiger charge is -2.23. The van der Waals surface area contributed by atoms with E-state index >= 15 is 0 Å². The molecule has 10 heteroatoms. The van der Waals surface area contributed by atoms with Gasteiger partial charge in [0, 0.05) is 30.3 Å². The minimum absolute atomic E-state index is 0.0581. The van der Waals surface area contributed by atoms with Gasteiger partial charge in [-0.25, -0.2) is 13.4 Å². The van der Waals surface area contributed by atoms with E-state index in [-0.39, 0.29) is 16.9 Å². The molecule has 3 heterocycles. The summed E-state index contributed by atoms with van der Waals surface area (Å²) < 4.78 is 34.5. The molecule has 0 N–H and O–H groups in total. The van der Waals surface area contributed by atoms with Gasteiger partial charge in [-0.2, -0.15) is 4.31 Å². The third-order valence-corrected chi connectivity index (χ3v) is 9.72. The molecule has 2 aliphatic heterocycles. The van der Waals surface area contributed by atoms with E-state index in [0.717, 1.165) is 48.7 Å². The van der Waals surface area contributed by atoms with Crippen molar-refractivity contribution in [3.8, 4) is 0 Å². The summed E-state index contributed by atoms with van der Waals surface area (Å²) in [5.74, 6) is -0.232. The van der Waals surface area contributed by atoms with Crippen LogP contribution in [-0.4, -0.2) is 56.0 Å². The van der Waals surface area contributed by atoms with Crippen LogP contribution in [0.4, 0.5) is 5.13 Å². The number of amides is 1. The molecule has 186 valence electrons. The summed E-state index contributed by atoms with van der Waals surface area (Å²) in [6.45, 7) is 2.16. The van der Waals surface area contributed by atoms with Crippen molar-refractivity contribution in [2.45, 2.75) is 49.5 Å². The summed E-state index contributed by atoms with van der Waals surface area (Å²) >= 11 is 7.55. The molecule has 2 aliphatic rings. The van der Waals surface area contributed by atoms with Crippen LogP contribution < -0.4 is 4.90 Å². The highest BCUT2D eigenvalue weighted by atomic mass is 35.5. The molecule has 35 heavy (non-hydrogen) atoms. The van der Waals surface area contributed by atoms with Gasteiger partial charge in [-0.1, -0.05) is 35.8 Å². The topological polar surface area (TPSA) is 79.8 Å². The van der Waals surface area contributed by atoms with Crippen LogP contribution in [0.2, 0.25) is 5.02 Å². The maximum absolute atomic E-state index is 13.6. The van der Waals surface area contributed by atoms with Gasteiger partial charge in [0.25, 0.3) is 5.91 Å². The molecule has 2 saturated heterocycles. The van der Waals surface area contributed by atoms with E-state index < -0.39 is 10.0 Å². The van der Waals surface area contributed by atoms with Crippen LogP contribution >= 0.6 is 22.9 Å². The number of thiazole rings is 1. The fourth-order valence-electron chi connectivity index (χ4n) is 4.60. The maximum Gasteiger partial charge on any atom is 0.260 e. The molecule has 3 aromatic rings. The molecule has 0 radical (unpaired) electrons. The van der Waals surface area contributed by atoms with E-state index in [9.17, 15) is 13.2 Å². The molecule has 0 saturated carbocycles. The van der Waals surface area contributed by atoms with Gasteiger partial charge >= 0.3 is 0 Å². The van der Waals surface area contributed by atoms with Crippen LogP contribution in [0.15, 0.2) is 47.4 Å². The fourth-order valence-corrected chi connectivity index (χ4v) is 7.36. The van der Waals surface area contributed by atoms with Crippen LogP contribution in [0.25, 0.3) is 10.2 Å². The van der Waals surface area contributed by atoms with Gasteiger partial charge in [0.15, 0.2) is 5.13 Å². The van der Waals surface area contributed by atoms with Gasteiger partial charge < -0.3 is 4.74 Å². The minimum Gasteiger partial charge on any atom is -0.376 e. The third-order valence-electron chi connectivity index (χ3n) is 6.53. The van der Waals surface area contributed by atoms with Gasteiger partial charge in [0.2, 0.25) is 10.0 Å². The van der Waals surface area contributed by atoms with Crippen molar-refractivity contribution in [3.63, 3.8) is 0 Å². The monoisotopic (exact) mass is 533 g/mol. The average molecular weight is 534 g/mol. The smallest absolute Gasteiger partial charge is 0.260 e. The Labute approximate surface area is 214 Å². The lowest BCUT2D eigenvalue weighted by Crippen LogP contribution is -2.37. The number of ether oxygens (including phenoxy) is 1. The maximum atomic E-state index is 13.6. The lowest BCUT2D eigenvalue weighted by molar-refractivity contribution is 0.0917. The van der Waals surface area contributed by atoms with E-state index in [1.54, 1.807) is 27.4 Å². The Kier molecular flexibility index (Phi) is 7.41. The number of sulfonamides is 1. The number of halogens is 1. The molecule has 5 rings (SSSR count). The van der Waals surface area contributed by atoms with Crippen molar-refractivity contribution < 1.29 is 17.9 Å². The number of fused-ring (bicyclic) bond motifs is 1. The molecule has 2 aromatic carbocycles. The number of carbonyl (C=O) groups excluding carboxylic acids is 1. The Bertz CT molecular complexity index is 1300. The summed E-state index contributed by atoms with van der Waals surface area (Å²) in [5.41, 5.74) is 1.19. The number of nitrogens with zero attached hydrogens (tertiary/aromatic N) is 3. The van der Waals surface area contributed by atoms with Crippen LogP contribution in [0, 0.1) is 0 Å². The van der Waals surface area contributed by atoms with Crippen molar-refractivity contribution in [3.05, 3.63) is 53.1 Å². The summed E-state index contributed by atoms with van der Waals surface area (Å²) in [7, 11) is -3.57. The first-order chi connectivity index (χ1) is 16.9. The Morgan fingerprint density at radius 1 is 1.09 bits per heavy atom. The van der Waals surface area contributed by atoms with Gasteiger partial charge in [-0.3, -0.25) is 9.69 Å². The molecular weight excluding hydrogens is 506 g/mol. The number of benzene rings is 2. The first-order valence-corrected chi connectivity index (χ1v) is 14.6. The molecule has 1 unspecified atom stereocenters. The zero-order valence-corrected chi connectivity index (χ0v) is 21.7. The first-order valence-electron chi connectivity index (χ1n) is 12.0. The van der Waals surface area contributed by atoms with E-state index in [2.05, 4.69) is 4.98 Å². The summed E-state index contributed by atoms with van der Waals surface area (Å²) in [6, 6.07) is 11.7. The highest BCUT2D eigenvalue weighted by Gasteiger charge is 2.29. The molecule has 0 bridgehead atoms. The first kappa shape index (κ1) is 24.6. The van der Waals surface area contributed by atoms with Crippen LogP contribution in [0.1, 0.15) is 48.9 Å². The third kappa shape index (κ3) is 5.39. The quantitative estimate of drug-likeness (QED) is 0.427.